The van der Waals surface area contributed by atoms with E-state index in [2.05, 4.69) is 26.8 Å². The van der Waals surface area contributed by atoms with Gasteiger partial charge in [0.25, 0.3) is 0 Å². The van der Waals surface area contributed by atoms with Gasteiger partial charge in [0.1, 0.15) is 16.9 Å². The molecule has 4 rings (SSSR count). The van der Waals surface area contributed by atoms with Gasteiger partial charge in [0.2, 0.25) is 5.95 Å². The Kier molecular flexibility index (Phi) is 6.03. The Morgan fingerprint density at radius 1 is 1.21 bits per heavy atom. The van der Waals surface area contributed by atoms with Crippen LogP contribution in [0.5, 0.6) is 0 Å². The van der Waals surface area contributed by atoms with Crippen LogP contribution in [0.1, 0.15) is 37.9 Å². The Morgan fingerprint density at radius 3 is 2.61 bits per heavy atom. The number of nitrogens with two attached hydrogens (primary N) is 1. The van der Waals surface area contributed by atoms with Crippen LogP contribution in [-0.4, -0.2) is 43.4 Å². The third kappa shape index (κ3) is 5.26. The minimum Gasteiger partial charge on any atom is -0.381 e. The second kappa shape index (κ2) is 8.65. The largest absolute Gasteiger partial charge is 0.419 e. The molecule has 0 atom stereocenters. The number of hydrogen-bond acceptors (Lipinski definition) is 6. The van der Waals surface area contributed by atoms with Crippen molar-refractivity contribution in [2.75, 3.05) is 18.9 Å². The van der Waals surface area contributed by atoms with Crippen molar-refractivity contribution in [2.45, 2.75) is 45.0 Å². The maximum atomic E-state index is 13.8. The van der Waals surface area contributed by atoms with E-state index in [1.807, 2.05) is 4.57 Å². The molecule has 1 fully saturated rings. The molecule has 1 saturated heterocycles. The second-order valence-corrected chi connectivity index (χ2v) is 8.63. The smallest absolute Gasteiger partial charge is 0.381 e. The molecule has 0 spiro atoms. The Labute approximate surface area is 188 Å². The predicted octanol–water partition coefficient (Wildman–Crippen LogP) is 3.64. The lowest BCUT2D eigenvalue weighted by molar-refractivity contribution is -0.137. The number of anilines is 1. The summed E-state index contributed by atoms with van der Waals surface area (Å²) in [5.41, 5.74) is 4.42. The molecule has 0 aromatic carbocycles. The first-order chi connectivity index (χ1) is 15.5. The number of rotatable bonds is 3. The normalized spacial score (nSPS) is 15.5. The van der Waals surface area contributed by atoms with Gasteiger partial charge in [0, 0.05) is 43.1 Å². The molecule has 3 N–H and O–H groups in total. The highest BCUT2D eigenvalue weighted by Gasteiger charge is 2.36. The SMILES string of the molecule is CC(C)(O)C#Cc1cc2c(-c3nc(N)ncc3C(F)(F)F)cn(CC3CCOCC3)c2cn1. The van der Waals surface area contributed by atoms with Crippen molar-refractivity contribution in [2.24, 2.45) is 5.92 Å². The van der Waals surface area contributed by atoms with Crippen LogP contribution in [0.15, 0.2) is 24.7 Å². The van der Waals surface area contributed by atoms with Crippen LogP contribution >= 0.6 is 0 Å². The van der Waals surface area contributed by atoms with E-state index >= 15 is 0 Å². The van der Waals surface area contributed by atoms with E-state index in [9.17, 15) is 18.3 Å². The van der Waals surface area contributed by atoms with Crippen molar-refractivity contribution in [1.29, 1.82) is 0 Å². The molecule has 0 bridgehead atoms. The first kappa shape index (κ1) is 23.0. The monoisotopic (exact) mass is 459 g/mol. The highest BCUT2D eigenvalue weighted by molar-refractivity contribution is 5.96. The van der Waals surface area contributed by atoms with Crippen molar-refractivity contribution in [3.05, 3.63) is 35.9 Å². The Hall–Kier alpha value is -3.16. The van der Waals surface area contributed by atoms with Crippen LogP contribution in [0.2, 0.25) is 0 Å². The summed E-state index contributed by atoms with van der Waals surface area (Å²) in [7, 11) is 0. The summed E-state index contributed by atoms with van der Waals surface area (Å²) >= 11 is 0. The zero-order chi connectivity index (χ0) is 23.8. The van der Waals surface area contributed by atoms with Gasteiger partial charge in [0.05, 0.1) is 17.4 Å². The molecule has 0 radical (unpaired) electrons. The van der Waals surface area contributed by atoms with Crippen molar-refractivity contribution in [1.82, 2.24) is 19.5 Å². The van der Waals surface area contributed by atoms with Crippen LogP contribution in [0.25, 0.3) is 22.2 Å². The molecule has 0 amide bonds. The number of fused-ring (bicyclic) bond motifs is 1. The van der Waals surface area contributed by atoms with Gasteiger partial charge in [-0.15, -0.1) is 0 Å². The van der Waals surface area contributed by atoms with E-state index in [1.54, 1.807) is 18.5 Å². The van der Waals surface area contributed by atoms with Crippen LogP contribution in [0, 0.1) is 17.8 Å². The van der Waals surface area contributed by atoms with Gasteiger partial charge in [-0.25, -0.2) is 15.0 Å². The van der Waals surface area contributed by atoms with Crippen molar-refractivity contribution >= 4 is 16.9 Å². The predicted molar refractivity (Wildman–Crippen MR) is 117 cm³/mol. The fourth-order valence-electron chi connectivity index (χ4n) is 3.83. The number of aromatic nitrogens is 4. The minimum atomic E-state index is -4.66. The van der Waals surface area contributed by atoms with Gasteiger partial charge in [-0.2, -0.15) is 13.2 Å². The van der Waals surface area contributed by atoms with Crippen molar-refractivity contribution < 1.29 is 23.0 Å². The van der Waals surface area contributed by atoms with Gasteiger partial charge in [-0.05, 0) is 44.6 Å². The minimum absolute atomic E-state index is 0.251. The highest BCUT2D eigenvalue weighted by Crippen LogP contribution is 2.39. The number of ether oxygens (including phenoxy) is 1. The summed E-state index contributed by atoms with van der Waals surface area (Å²) < 4.78 is 48.6. The Morgan fingerprint density at radius 2 is 1.94 bits per heavy atom. The molecule has 3 aromatic heterocycles. The third-order valence-corrected chi connectivity index (χ3v) is 5.43. The molecule has 7 nitrogen and oxygen atoms in total. The lowest BCUT2D eigenvalue weighted by Crippen LogP contribution is -2.20. The fraction of sp³-hybridized carbons (Fsp3) is 0.435. The van der Waals surface area contributed by atoms with E-state index in [-0.39, 0.29) is 17.2 Å². The molecule has 1 aliphatic rings. The molecule has 1 aliphatic heterocycles. The molecule has 0 saturated carbocycles. The zero-order valence-corrected chi connectivity index (χ0v) is 18.3. The topological polar surface area (TPSA) is 99.1 Å². The second-order valence-electron chi connectivity index (χ2n) is 8.63. The number of alkyl halides is 3. The third-order valence-electron chi connectivity index (χ3n) is 5.43. The summed E-state index contributed by atoms with van der Waals surface area (Å²) in [5, 5.41) is 10.4. The van der Waals surface area contributed by atoms with Crippen LogP contribution in [-0.2, 0) is 17.5 Å². The number of halogens is 3. The Bertz CT molecular complexity index is 1230. The van der Waals surface area contributed by atoms with E-state index in [0.29, 0.717) is 48.5 Å². The number of nitrogens with zero attached hydrogens (tertiary/aromatic N) is 4. The maximum Gasteiger partial charge on any atom is 0.419 e. The molecule has 0 aliphatic carbocycles. The summed E-state index contributed by atoms with van der Waals surface area (Å²) in [5.74, 6) is 5.54. The van der Waals surface area contributed by atoms with Crippen LogP contribution < -0.4 is 5.73 Å². The standard InChI is InChI=1S/C23H24F3N5O2/c1-22(2,32)6-3-15-9-16-17(20-18(23(24,25)26)10-29-21(27)30-20)13-31(19(16)11-28-15)12-14-4-7-33-8-5-14/h9-11,13-14,32H,4-5,7-8,12H2,1-2H3,(H2,27,29,30). The van der Waals surface area contributed by atoms with Gasteiger partial charge in [-0.3, -0.25) is 0 Å². The molecular formula is C23H24F3N5O2. The lowest BCUT2D eigenvalue weighted by atomic mass is 10.0. The van der Waals surface area contributed by atoms with Crippen LogP contribution in [0.4, 0.5) is 19.1 Å². The van der Waals surface area contributed by atoms with E-state index in [1.165, 1.54) is 13.8 Å². The van der Waals surface area contributed by atoms with E-state index in [4.69, 9.17) is 10.5 Å². The number of aliphatic hydroxyl groups is 1. The summed E-state index contributed by atoms with van der Waals surface area (Å²) in [4.78, 5) is 11.9. The Balaban J connectivity index is 1.90. The summed E-state index contributed by atoms with van der Waals surface area (Å²) in [6.45, 7) is 5.00. The molecule has 3 aromatic rings. The summed E-state index contributed by atoms with van der Waals surface area (Å²) in [6, 6.07) is 1.61. The lowest BCUT2D eigenvalue weighted by Gasteiger charge is -2.22. The molecular weight excluding hydrogens is 435 g/mol. The van der Waals surface area contributed by atoms with E-state index < -0.39 is 17.3 Å². The first-order valence-corrected chi connectivity index (χ1v) is 10.5. The molecule has 4 heterocycles. The van der Waals surface area contributed by atoms with Gasteiger partial charge in [-0.1, -0.05) is 5.92 Å². The average Bonchev–Trinajstić information content (AvgIpc) is 3.09. The number of pyridine rings is 1. The number of nitrogen functional groups attached to an aromatic ring is 1. The quantitative estimate of drug-likeness (QED) is 0.581. The van der Waals surface area contributed by atoms with Crippen molar-refractivity contribution in [3.8, 4) is 23.1 Å². The average molecular weight is 459 g/mol. The molecule has 0 unspecified atom stereocenters. The maximum absolute atomic E-state index is 13.8. The zero-order valence-electron chi connectivity index (χ0n) is 18.3. The van der Waals surface area contributed by atoms with Gasteiger partial charge < -0.3 is 20.1 Å². The molecule has 10 heteroatoms. The van der Waals surface area contributed by atoms with Gasteiger partial charge in [0.15, 0.2) is 0 Å². The first-order valence-electron chi connectivity index (χ1n) is 10.5. The highest BCUT2D eigenvalue weighted by atomic mass is 19.4. The molecule has 174 valence electrons. The van der Waals surface area contributed by atoms with Crippen LogP contribution in [0.3, 0.4) is 0 Å². The van der Waals surface area contributed by atoms with Gasteiger partial charge >= 0.3 is 6.18 Å². The number of hydrogen-bond donors (Lipinski definition) is 2. The van der Waals surface area contributed by atoms with E-state index in [0.717, 1.165) is 12.8 Å². The summed E-state index contributed by atoms with van der Waals surface area (Å²) in [6.07, 6.45) is 1.03. The van der Waals surface area contributed by atoms with Crippen molar-refractivity contribution in [3.63, 3.8) is 0 Å². The molecule has 33 heavy (non-hydrogen) atoms. The fourth-order valence-corrected chi connectivity index (χ4v) is 3.83.